The van der Waals surface area contributed by atoms with Crippen LogP contribution in [0.15, 0.2) is 60.7 Å². The quantitative estimate of drug-likeness (QED) is 0.764. The first-order valence-corrected chi connectivity index (χ1v) is 9.59. The molecule has 2 saturated heterocycles. The lowest BCUT2D eigenvalue weighted by Gasteiger charge is -2.37. The molecule has 2 heterocycles. The van der Waals surface area contributed by atoms with Gasteiger partial charge in [0.1, 0.15) is 0 Å². The molecule has 140 valence electrons. The highest BCUT2D eigenvalue weighted by molar-refractivity contribution is 6.05. The third-order valence-electron chi connectivity index (χ3n) is 5.50. The maximum absolute atomic E-state index is 12.8. The van der Waals surface area contributed by atoms with Crippen LogP contribution in [0.3, 0.4) is 0 Å². The molecule has 2 fully saturated rings. The molecule has 0 aromatic heterocycles. The van der Waals surface area contributed by atoms with Crippen molar-refractivity contribution in [1.82, 2.24) is 14.7 Å². The number of rotatable bonds is 5. The average Bonchev–Trinajstić information content (AvgIpc) is 2.98. The molecule has 5 heteroatoms. The van der Waals surface area contributed by atoms with Crippen molar-refractivity contribution in [3.63, 3.8) is 0 Å². The molecular weight excluding hydrogens is 338 g/mol. The largest absolute Gasteiger partial charge is 0.297 e. The molecule has 2 amide bonds. The van der Waals surface area contributed by atoms with Gasteiger partial charge in [0.2, 0.25) is 11.8 Å². The van der Waals surface area contributed by atoms with Crippen molar-refractivity contribution in [2.24, 2.45) is 0 Å². The Morgan fingerprint density at radius 1 is 0.741 bits per heavy atom. The van der Waals surface area contributed by atoms with Gasteiger partial charge in [0, 0.05) is 32.7 Å². The van der Waals surface area contributed by atoms with Crippen molar-refractivity contribution in [3.05, 3.63) is 71.8 Å². The van der Waals surface area contributed by atoms with E-state index in [4.69, 9.17) is 0 Å². The summed E-state index contributed by atoms with van der Waals surface area (Å²) in [6, 6.07) is 19.9. The number of amides is 2. The van der Waals surface area contributed by atoms with E-state index in [-0.39, 0.29) is 17.9 Å². The number of carbonyl (C=O) groups is 2. The van der Waals surface area contributed by atoms with Crippen LogP contribution in [0, 0.1) is 0 Å². The van der Waals surface area contributed by atoms with Gasteiger partial charge in [-0.15, -0.1) is 0 Å². The summed E-state index contributed by atoms with van der Waals surface area (Å²) in [6.07, 6.45) is 0.310. The van der Waals surface area contributed by atoms with Crippen LogP contribution < -0.4 is 0 Å². The van der Waals surface area contributed by atoms with E-state index in [9.17, 15) is 9.59 Å². The molecule has 2 aliphatic rings. The van der Waals surface area contributed by atoms with Crippen molar-refractivity contribution in [2.45, 2.75) is 25.6 Å². The molecule has 2 aliphatic heterocycles. The molecule has 2 aromatic rings. The first kappa shape index (κ1) is 17.9. The molecule has 0 bridgehead atoms. The topological polar surface area (TPSA) is 43.9 Å². The Labute approximate surface area is 160 Å². The van der Waals surface area contributed by atoms with Crippen LogP contribution >= 0.6 is 0 Å². The summed E-state index contributed by atoms with van der Waals surface area (Å²) in [5.74, 6) is -0.0964. The Morgan fingerprint density at radius 2 is 1.30 bits per heavy atom. The van der Waals surface area contributed by atoms with Crippen molar-refractivity contribution in [1.29, 1.82) is 0 Å². The van der Waals surface area contributed by atoms with E-state index >= 15 is 0 Å². The lowest BCUT2D eigenvalue weighted by atomic mass is 10.1. The average molecular weight is 363 g/mol. The van der Waals surface area contributed by atoms with E-state index in [0.29, 0.717) is 13.0 Å². The number of benzene rings is 2. The fourth-order valence-electron chi connectivity index (χ4n) is 3.96. The molecule has 5 nitrogen and oxygen atoms in total. The van der Waals surface area contributed by atoms with Crippen LogP contribution in [0.1, 0.15) is 17.5 Å². The van der Waals surface area contributed by atoms with Crippen LogP contribution in [-0.4, -0.2) is 58.7 Å². The number of likely N-dealkylation sites (tertiary alicyclic amines) is 1. The second kappa shape index (κ2) is 8.03. The molecule has 0 unspecified atom stereocenters. The van der Waals surface area contributed by atoms with E-state index in [0.717, 1.165) is 38.3 Å². The van der Waals surface area contributed by atoms with E-state index < -0.39 is 0 Å². The minimum Gasteiger partial charge on any atom is -0.297 e. The third kappa shape index (κ3) is 4.10. The number of piperazine rings is 1. The lowest BCUT2D eigenvalue weighted by Crippen LogP contribution is -2.52. The maximum atomic E-state index is 12.8. The first-order valence-electron chi connectivity index (χ1n) is 9.59. The van der Waals surface area contributed by atoms with Crippen molar-refractivity contribution < 1.29 is 9.59 Å². The number of hydrogen-bond donors (Lipinski definition) is 0. The van der Waals surface area contributed by atoms with E-state index in [1.165, 1.54) is 10.5 Å². The predicted molar refractivity (Wildman–Crippen MR) is 104 cm³/mol. The number of imide groups is 1. The van der Waals surface area contributed by atoms with E-state index in [1.807, 2.05) is 36.4 Å². The third-order valence-corrected chi connectivity index (χ3v) is 5.50. The highest BCUT2D eigenvalue weighted by atomic mass is 16.2. The minimum absolute atomic E-state index is 0.0413. The molecule has 1 atom stereocenters. The Morgan fingerprint density at radius 3 is 1.89 bits per heavy atom. The van der Waals surface area contributed by atoms with Gasteiger partial charge in [-0.05, 0) is 11.1 Å². The van der Waals surface area contributed by atoms with E-state index in [2.05, 4.69) is 34.1 Å². The van der Waals surface area contributed by atoms with Gasteiger partial charge < -0.3 is 0 Å². The molecule has 0 aliphatic carbocycles. The molecule has 27 heavy (non-hydrogen) atoms. The standard InChI is InChI=1S/C22H25N3O2/c26-21-15-20(22(27)25(21)17-19-9-5-2-6-10-19)24-13-11-23(12-14-24)16-18-7-3-1-4-8-18/h1-10,20H,11-17H2/t20-/m1/s1. The monoisotopic (exact) mass is 363 g/mol. The molecule has 0 N–H and O–H groups in total. The number of carbonyl (C=O) groups excluding carboxylic acids is 2. The Balaban J connectivity index is 1.33. The van der Waals surface area contributed by atoms with Gasteiger partial charge in [-0.3, -0.25) is 24.3 Å². The second-order valence-electron chi connectivity index (χ2n) is 7.32. The van der Waals surface area contributed by atoms with Gasteiger partial charge in [-0.2, -0.15) is 0 Å². The van der Waals surface area contributed by atoms with Gasteiger partial charge >= 0.3 is 0 Å². The molecule has 0 saturated carbocycles. The Kier molecular flexibility index (Phi) is 5.32. The minimum atomic E-state index is -0.292. The van der Waals surface area contributed by atoms with Crippen LogP contribution in [0.25, 0.3) is 0 Å². The van der Waals surface area contributed by atoms with Crippen LogP contribution in [0.5, 0.6) is 0 Å². The summed E-state index contributed by atoms with van der Waals surface area (Å²) in [5.41, 5.74) is 2.31. The highest BCUT2D eigenvalue weighted by Crippen LogP contribution is 2.22. The molecule has 0 radical (unpaired) electrons. The SMILES string of the molecule is O=C1C[C@@H](N2CCN(Cc3ccccc3)CC2)C(=O)N1Cc1ccccc1. The van der Waals surface area contributed by atoms with Crippen LogP contribution in [0.2, 0.25) is 0 Å². The van der Waals surface area contributed by atoms with Crippen molar-refractivity contribution in [2.75, 3.05) is 26.2 Å². The smallest absolute Gasteiger partial charge is 0.247 e. The maximum Gasteiger partial charge on any atom is 0.247 e. The predicted octanol–water partition coefficient (Wildman–Crippen LogP) is 2.13. The first-order chi connectivity index (χ1) is 13.2. The van der Waals surface area contributed by atoms with Crippen molar-refractivity contribution in [3.8, 4) is 0 Å². The normalized spacial score (nSPS) is 21.8. The number of hydrogen-bond acceptors (Lipinski definition) is 4. The second-order valence-corrected chi connectivity index (χ2v) is 7.32. The summed E-state index contributed by atoms with van der Waals surface area (Å²) < 4.78 is 0. The van der Waals surface area contributed by atoms with Gasteiger partial charge in [0.25, 0.3) is 0 Å². The Bertz CT molecular complexity index is 786. The summed E-state index contributed by atoms with van der Waals surface area (Å²) in [7, 11) is 0. The van der Waals surface area contributed by atoms with Crippen LogP contribution in [0.4, 0.5) is 0 Å². The van der Waals surface area contributed by atoms with E-state index in [1.54, 1.807) is 0 Å². The van der Waals surface area contributed by atoms with Gasteiger partial charge in [-0.1, -0.05) is 60.7 Å². The molecule has 2 aromatic carbocycles. The van der Waals surface area contributed by atoms with Crippen molar-refractivity contribution >= 4 is 11.8 Å². The van der Waals surface area contributed by atoms with Crippen LogP contribution in [-0.2, 0) is 22.7 Å². The fraction of sp³-hybridized carbons (Fsp3) is 0.364. The molecular formula is C22H25N3O2. The summed E-state index contributed by atoms with van der Waals surface area (Å²) in [5, 5.41) is 0. The molecule has 4 rings (SSSR count). The summed E-state index contributed by atoms with van der Waals surface area (Å²) >= 11 is 0. The zero-order valence-corrected chi connectivity index (χ0v) is 15.5. The number of nitrogens with zero attached hydrogens (tertiary/aromatic N) is 3. The highest BCUT2D eigenvalue weighted by Gasteiger charge is 2.42. The fourth-order valence-corrected chi connectivity index (χ4v) is 3.96. The molecule has 0 spiro atoms. The van der Waals surface area contributed by atoms with Gasteiger partial charge in [0.15, 0.2) is 0 Å². The Hall–Kier alpha value is -2.50. The zero-order valence-electron chi connectivity index (χ0n) is 15.5. The zero-order chi connectivity index (χ0) is 18.6. The lowest BCUT2D eigenvalue weighted by molar-refractivity contribution is -0.140. The van der Waals surface area contributed by atoms with Gasteiger partial charge in [-0.25, -0.2) is 0 Å². The summed E-state index contributed by atoms with van der Waals surface area (Å²) in [6.45, 7) is 4.82. The summed E-state index contributed by atoms with van der Waals surface area (Å²) in [4.78, 5) is 31.3. The van der Waals surface area contributed by atoms with Gasteiger partial charge in [0.05, 0.1) is 19.0 Å².